The fourth-order valence-electron chi connectivity index (χ4n) is 1.77. The lowest BCUT2D eigenvalue weighted by Crippen LogP contribution is -2.11. The molecule has 19 heavy (non-hydrogen) atoms. The van der Waals surface area contributed by atoms with Gasteiger partial charge in [0.2, 0.25) is 0 Å². The van der Waals surface area contributed by atoms with Crippen LogP contribution in [0.15, 0.2) is 36.7 Å². The van der Waals surface area contributed by atoms with E-state index in [4.69, 9.17) is 10.6 Å². The number of rotatable bonds is 6. The van der Waals surface area contributed by atoms with Crippen LogP contribution >= 0.6 is 0 Å². The van der Waals surface area contributed by atoms with Crippen molar-refractivity contribution in [3.05, 3.63) is 42.2 Å². The van der Waals surface area contributed by atoms with Crippen molar-refractivity contribution in [1.82, 2.24) is 9.97 Å². The minimum atomic E-state index is 0.579. The molecule has 2 rings (SSSR count). The maximum absolute atomic E-state index is 5.30. The van der Waals surface area contributed by atoms with Gasteiger partial charge in [-0.05, 0) is 18.1 Å². The number of methoxy groups -OCH3 is 1. The summed E-state index contributed by atoms with van der Waals surface area (Å²) in [4.78, 5) is 8.06. The van der Waals surface area contributed by atoms with Crippen LogP contribution in [0.5, 0.6) is 5.75 Å². The van der Waals surface area contributed by atoms with Crippen molar-refractivity contribution in [2.24, 2.45) is 5.84 Å². The number of para-hydroxylation sites is 1. The fourth-order valence-corrected chi connectivity index (χ4v) is 1.77. The predicted molar refractivity (Wildman–Crippen MR) is 75.0 cm³/mol. The van der Waals surface area contributed by atoms with E-state index in [-0.39, 0.29) is 0 Å². The Morgan fingerprint density at radius 2 is 2.00 bits per heavy atom. The topological polar surface area (TPSA) is 85.1 Å². The molecule has 0 saturated heterocycles. The third-order valence-corrected chi connectivity index (χ3v) is 2.71. The van der Waals surface area contributed by atoms with Gasteiger partial charge in [0.05, 0.1) is 7.11 Å². The molecular weight excluding hydrogens is 242 g/mol. The van der Waals surface area contributed by atoms with E-state index in [1.165, 1.54) is 6.33 Å². The summed E-state index contributed by atoms with van der Waals surface area (Å²) in [5.74, 6) is 7.50. The molecule has 0 aliphatic heterocycles. The molecule has 0 amide bonds. The van der Waals surface area contributed by atoms with Gasteiger partial charge >= 0.3 is 0 Å². The van der Waals surface area contributed by atoms with Gasteiger partial charge in [0, 0.05) is 12.6 Å². The first-order valence-corrected chi connectivity index (χ1v) is 5.98. The fraction of sp³-hybridized carbons (Fsp3) is 0.231. The normalized spacial score (nSPS) is 10.0. The number of hydrogen-bond donors (Lipinski definition) is 3. The van der Waals surface area contributed by atoms with E-state index in [0.717, 1.165) is 30.1 Å². The predicted octanol–water partition coefficient (Wildman–Crippen LogP) is 1.43. The first-order valence-electron chi connectivity index (χ1n) is 5.98. The van der Waals surface area contributed by atoms with E-state index in [1.807, 2.05) is 24.3 Å². The molecule has 0 aliphatic carbocycles. The minimum Gasteiger partial charge on any atom is -0.496 e. The maximum atomic E-state index is 5.30. The van der Waals surface area contributed by atoms with E-state index in [1.54, 1.807) is 13.2 Å². The summed E-state index contributed by atoms with van der Waals surface area (Å²) in [6, 6.07) is 9.71. The maximum Gasteiger partial charge on any atom is 0.145 e. The molecule has 2 aromatic rings. The molecule has 0 unspecified atom stereocenters. The van der Waals surface area contributed by atoms with Crippen molar-refractivity contribution in [3.8, 4) is 5.75 Å². The third-order valence-electron chi connectivity index (χ3n) is 2.71. The molecule has 6 heteroatoms. The molecule has 4 N–H and O–H groups in total. The van der Waals surface area contributed by atoms with E-state index < -0.39 is 0 Å². The first kappa shape index (κ1) is 13.1. The minimum absolute atomic E-state index is 0.579. The van der Waals surface area contributed by atoms with Crippen LogP contribution in [-0.2, 0) is 6.42 Å². The van der Waals surface area contributed by atoms with Crippen molar-refractivity contribution < 1.29 is 4.74 Å². The Hall–Kier alpha value is -2.34. The monoisotopic (exact) mass is 259 g/mol. The Morgan fingerprint density at radius 3 is 2.79 bits per heavy atom. The molecule has 1 heterocycles. The van der Waals surface area contributed by atoms with Gasteiger partial charge in [-0.15, -0.1) is 0 Å². The van der Waals surface area contributed by atoms with Crippen molar-refractivity contribution in [1.29, 1.82) is 0 Å². The summed E-state index contributed by atoms with van der Waals surface area (Å²) in [7, 11) is 1.68. The van der Waals surface area contributed by atoms with Crippen LogP contribution in [0.4, 0.5) is 11.6 Å². The van der Waals surface area contributed by atoms with Gasteiger partial charge in [-0.1, -0.05) is 18.2 Å². The lowest BCUT2D eigenvalue weighted by molar-refractivity contribution is 0.410. The molecule has 6 nitrogen and oxygen atoms in total. The average Bonchev–Trinajstić information content (AvgIpc) is 2.48. The standard InChI is InChI=1S/C13H17N5O/c1-19-11-5-3-2-4-10(11)6-7-15-12-8-13(18-14)17-9-16-12/h2-5,8-9H,6-7,14H2,1H3,(H2,15,16,17,18). The molecule has 0 aliphatic rings. The summed E-state index contributed by atoms with van der Waals surface area (Å²) in [5.41, 5.74) is 3.64. The Balaban J connectivity index is 1.92. The van der Waals surface area contributed by atoms with Crippen LogP contribution in [-0.4, -0.2) is 23.6 Å². The summed E-state index contributed by atoms with van der Waals surface area (Å²) in [6.45, 7) is 0.751. The van der Waals surface area contributed by atoms with Crippen molar-refractivity contribution >= 4 is 11.6 Å². The Labute approximate surface area is 112 Å². The zero-order valence-electron chi connectivity index (χ0n) is 10.8. The SMILES string of the molecule is COc1ccccc1CCNc1cc(NN)ncn1. The van der Waals surface area contributed by atoms with Gasteiger partial charge in [0.15, 0.2) is 0 Å². The van der Waals surface area contributed by atoms with Crippen LogP contribution < -0.4 is 21.3 Å². The van der Waals surface area contributed by atoms with Crippen LogP contribution in [0.3, 0.4) is 0 Å². The second-order valence-electron chi connectivity index (χ2n) is 3.92. The van der Waals surface area contributed by atoms with Gasteiger partial charge in [-0.2, -0.15) is 0 Å². The number of benzene rings is 1. The van der Waals surface area contributed by atoms with Crippen LogP contribution in [0.2, 0.25) is 0 Å². The molecule has 1 aromatic heterocycles. The number of anilines is 2. The summed E-state index contributed by atoms with van der Waals surface area (Å²) < 4.78 is 5.30. The Morgan fingerprint density at radius 1 is 1.21 bits per heavy atom. The molecule has 0 radical (unpaired) electrons. The molecular formula is C13H17N5O. The number of hydrazine groups is 1. The van der Waals surface area contributed by atoms with Crippen molar-refractivity contribution in [2.45, 2.75) is 6.42 Å². The summed E-state index contributed by atoms with van der Waals surface area (Å²) in [5, 5.41) is 3.22. The van der Waals surface area contributed by atoms with Gasteiger partial charge in [-0.3, -0.25) is 0 Å². The number of ether oxygens (including phenoxy) is 1. The van der Waals surface area contributed by atoms with Crippen LogP contribution in [0.25, 0.3) is 0 Å². The second-order valence-corrected chi connectivity index (χ2v) is 3.92. The number of nitrogens with one attached hydrogen (secondary N) is 2. The van der Waals surface area contributed by atoms with E-state index >= 15 is 0 Å². The summed E-state index contributed by atoms with van der Waals surface area (Å²) >= 11 is 0. The van der Waals surface area contributed by atoms with Crippen LogP contribution in [0.1, 0.15) is 5.56 Å². The van der Waals surface area contributed by atoms with E-state index in [2.05, 4.69) is 20.7 Å². The average molecular weight is 259 g/mol. The third kappa shape index (κ3) is 3.56. The molecule has 100 valence electrons. The molecule has 0 bridgehead atoms. The molecule has 0 fully saturated rings. The lowest BCUT2D eigenvalue weighted by Gasteiger charge is -2.09. The molecule has 1 aromatic carbocycles. The highest BCUT2D eigenvalue weighted by molar-refractivity contribution is 5.45. The smallest absolute Gasteiger partial charge is 0.145 e. The molecule has 0 atom stereocenters. The van der Waals surface area contributed by atoms with Gasteiger partial charge in [-0.25, -0.2) is 15.8 Å². The highest BCUT2D eigenvalue weighted by Crippen LogP contribution is 2.17. The van der Waals surface area contributed by atoms with Gasteiger partial charge < -0.3 is 15.5 Å². The van der Waals surface area contributed by atoms with Crippen molar-refractivity contribution in [2.75, 3.05) is 24.4 Å². The highest BCUT2D eigenvalue weighted by Gasteiger charge is 2.02. The number of nitrogen functional groups attached to an aromatic ring is 1. The van der Waals surface area contributed by atoms with Gasteiger partial charge in [0.25, 0.3) is 0 Å². The summed E-state index contributed by atoms with van der Waals surface area (Å²) in [6.07, 6.45) is 2.31. The first-order chi connectivity index (χ1) is 9.33. The Bertz CT molecular complexity index is 532. The van der Waals surface area contributed by atoms with Crippen molar-refractivity contribution in [3.63, 3.8) is 0 Å². The van der Waals surface area contributed by atoms with Crippen LogP contribution in [0, 0.1) is 0 Å². The van der Waals surface area contributed by atoms with E-state index in [0.29, 0.717) is 5.82 Å². The number of nitrogens with zero attached hydrogens (tertiary/aromatic N) is 2. The van der Waals surface area contributed by atoms with Gasteiger partial charge in [0.1, 0.15) is 23.7 Å². The zero-order chi connectivity index (χ0) is 13.5. The van der Waals surface area contributed by atoms with E-state index in [9.17, 15) is 0 Å². The zero-order valence-corrected chi connectivity index (χ0v) is 10.8. The lowest BCUT2D eigenvalue weighted by atomic mass is 10.1. The number of aromatic nitrogens is 2. The number of nitrogens with two attached hydrogens (primary N) is 1. The second kappa shape index (κ2) is 6.55. The Kier molecular flexibility index (Phi) is 4.52. The molecule has 0 saturated carbocycles. The quantitative estimate of drug-likeness (QED) is 0.537. The number of hydrogen-bond acceptors (Lipinski definition) is 6. The highest BCUT2D eigenvalue weighted by atomic mass is 16.5. The largest absolute Gasteiger partial charge is 0.496 e. The molecule has 0 spiro atoms.